The quantitative estimate of drug-likeness (QED) is 0.703. The molecule has 1 rings (SSSR count). The van der Waals surface area contributed by atoms with Crippen LogP contribution in [0.2, 0.25) is 0 Å². The molecule has 2 heteroatoms. The van der Waals surface area contributed by atoms with E-state index in [9.17, 15) is 0 Å². The van der Waals surface area contributed by atoms with Crippen LogP contribution in [0.1, 0.15) is 12.5 Å². The average Bonchev–Trinajstić information content (AvgIpc) is 2.17. The molecule has 0 aliphatic rings. The number of hydrogen-bond donors (Lipinski definition) is 0. The van der Waals surface area contributed by atoms with Gasteiger partial charge in [-0.15, -0.1) is 0 Å². The first-order valence-electron chi connectivity index (χ1n) is 4.10. The normalized spacial score (nSPS) is 9.85. The highest BCUT2D eigenvalue weighted by Gasteiger charge is 1.97. The number of para-hydroxylation sites is 1. The van der Waals surface area contributed by atoms with Gasteiger partial charge in [0.1, 0.15) is 11.8 Å². The topological polar surface area (TPSA) is 33.0 Å². The van der Waals surface area contributed by atoms with Crippen molar-refractivity contribution in [2.75, 3.05) is 6.61 Å². The molecule has 1 aromatic rings. The zero-order valence-corrected chi connectivity index (χ0v) is 7.53. The van der Waals surface area contributed by atoms with Gasteiger partial charge in [0.2, 0.25) is 0 Å². The van der Waals surface area contributed by atoms with Crippen LogP contribution in [0.15, 0.2) is 30.3 Å². The Hall–Kier alpha value is -1.75. The molecule has 0 spiro atoms. The second kappa shape index (κ2) is 5.00. The fourth-order valence-electron chi connectivity index (χ4n) is 1.04. The Kier molecular flexibility index (Phi) is 3.59. The highest BCUT2D eigenvalue weighted by molar-refractivity contribution is 5.56. The van der Waals surface area contributed by atoms with Crippen molar-refractivity contribution in [2.24, 2.45) is 0 Å². The molecule has 2 nitrogen and oxygen atoms in total. The Bertz CT molecular complexity index is 336. The van der Waals surface area contributed by atoms with Gasteiger partial charge < -0.3 is 4.74 Å². The minimum Gasteiger partial charge on any atom is -0.478 e. The van der Waals surface area contributed by atoms with Crippen LogP contribution in [-0.2, 0) is 0 Å². The largest absolute Gasteiger partial charge is 0.478 e. The van der Waals surface area contributed by atoms with Crippen LogP contribution in [0.4, 0.5) is 0 Å². The molecule has 0 bridgehead atoms. The summed E-state index contributed by atoms with van der Waals surface area (Å²) in [5, 5.41) is 8.36. The smallest absolute Gasteiger partial charge is 0.174 e. The maximum atomic E-state index is 8.36. The second-order valence-electron chi connectivity index (χ2n) is 2.48. The summed E-state index contributed by atoms with van der Waals surface area (Å²) in [6.07, 6.45) is 3.89. The molecule has 0 saturated heterocycles. The molecule has 0 N–H and O–H groups in total. The van der Waals surface area contributed by atoms with E-state index in [0.29, 0.717) is 0 Å². The number of benzene rings is 1. The van der Waals surface area contributed by atoms with Gasteiger partial charge in [0.15, 0.2) is 6.61 Å². The van der Waals surface area contributed by atoms with E-state index in [4.69, 9.17) is 10.00 Å². The van der Waals surface area contributed by atoms with Crippen LogP contribution in [0.3, 0.4) is 0 Å². The molecule has 0 saturated carbocycles. The van der Waals surface area contributed by atoms with Gasteiger partial charge in [-0.25, -0.2) is 0 Å². The predicted molar refractivity (Wildman–Crippen MR) is 52.3 cm³/mol. The van der Waals surface area contributed by atoms with Gasteiger partial charge in [-0.2, -0.15) is 5.26 Å². The standard InChI is InChI=1S/C11H11NO/c1-2-5-10-6-3-4-7-11(10)13-9-8-12/h2-7H,9H2,1H3/b5-2+. The van der Waals surface area contributed by atoms with E-state index in [-0.39, 0.29) is 6.61 Å². The predicted octanol–water partition coefficient (Wildman–Crippen LogP) is 2.62. The Morgan fingerprint density at radius 1 is 1.46 bits per heavy atom. The number of rotatable bonds is 3. The van der Waals surface area contributed by atoms with Gasteiger partial charge in [-0.3, -0.25) is 0 Å². The lowest BCUT2D eigenvalue weighted by Gasteiger charge is -2.04. The van der Waals surface area contributed by atoms with Gasteiger partial charge in [-0.1, -0.05) is 30.4 Å². The van der Waals surface area contributed by atoms with Crippen molar-refractivity contribution in [3.63, 3.8) is 0 Å². The first-order chi connectivity index (χ1) is 6.38. The van der Waals surface area contributed by atoms with Crippen molar-refractivity contribution in [2.45, 2.75) is 6.92 Å². The number of hydrogen-bond acceptors (Lipinski definition) is 2. The third-order valence-electron chi connectivity index (χ3n) is 1.56. The van der Waals surface area contributed by atoms with E-state index in [1.54, 1.807) is 0 Å². The van der Waals surface area contributed by atoms with Crippen molar-refractivity contribution in [3.05, 3.63) is 35.9 Å². The van der Waals surface area contributed by atoms with Crippen molar-refractivity contribution in [1.82, 2.24) is 0 Å². The summed E-state index contributed by atoms with van der Waals surface area (Å²) in [7, 11) is 0. The number of ether oxygens (including phenoxy) is 1. The summed E-state index contributed by atoms with van der Waals surface area (Å²) in [6, 6.07) is 9.57. The zero-order chi connectivity index (χ0) is 9.52. The lowest BCUT2D eigenvalue weighted by atomic mass is 10.2. The summed E-state index contributed by atoms with van der Waals surface area (Å²) >= 11 is 0. The number of nitrogens with zero attached hydrogens (tertiary/aromatic N) is 1. The molecule has 0 aromatic heterocycles. The van der Waals surface area contributed by atoms with Gasteiger partial charge >= 0.3 is 0 Å². The summed E-state index contributed by atoms with van der Waals surface area (Å²) < 4.78 is 5.23. The Balaban J connectivity index is 2.85. The molecule has 0 amide bonds. The Labute approximate surface area is 78.1 Å². The van der Waals surface area contributed by atoms with E-state index in [2.05, 4.69) is 0 Å². The molecule has 1 aromatic carbocycles. The summed E-state index contributed by atoms with van der Waals surface area (Å²) in [5.74, 6) is 0.752. The van der Waals surface area contributed by atoms with Crippen LogP contribution >= 0.6 is 0 Å². The zero-order valence-electron chi connectivity index (χ0n) is 7.53. The minimum atomic E-state index is 0.0918. The molecule has 13 heavy (non-hydrogen) atoms. The van der Waals surface area contributed by atoms with E-state index in [1.165, 1.54) is 0 Å². The van der Waals surface area contributed by atoms with Crippen LogP contribution in [0.5, 0.6) is 5.75 Å². The molecule has 0 heterocycles. The van der Waals surface area contributed by atoms with E-state index >= 15 is 0 Å². The average molecular weight is 173 g/mol. The molecule has 0 aliphatic carbocycles. The molecular formula is C11H11NO. The van der Waals surface area contributed by atoms with Crippen LogP contribution in [0, 0.1) is 11.3 Å². The summed E-state index contributed by atoms with van der Waals surface area (Å²) in [6.45, 7) is 2.04. The van der Waals surface area contributed by atoms with Gasteiger partial charge in [0, 0.05) is 5.56 Å². The molecule has 0 aliphatic heterocycles. The maximum absolute atomic E-state index is 8.36. The van der Waals surface area contributed by atoms with Crippen LogP contribution in [-0.4, -0.2) is 6.61 Å². The van der Waals surface area contributed by atoms with Gasteiger partial charge in [-0.05, 0) is 13.0 Å². The first-order valence-corrected chi connectivity index (χ1v) is 4.10. The fourth-order valence-corrected chi connectivity index (χ4v) is 1.04. The van der Waals surface area contributed by atoms with Gasteiger partial charge in [0.05, 0.1) is 0 Å². The Morgan fingerprint density at radius 3 is 2.92 bits per heavy atom. The third kappa shape index (κ3) is 2.64. The number of nitriles is 1. The molecule has 0 fully saturated rings. The lowest BCUT2D eigenvalue weighted by Crippen LogP contribution is -1.94. The first kappa shape index (κ1) is 9.34. The highest BCUT2D eigenvalue weighted by atomic mass is 16.5. The molecule has 0 unspecified atom stereocenters. The van der Waals surface area contributed by atoms with Crippen LogP contribution < -0.4 is 4.74 Å². The molecule has 0 radical (unpaired) electrons. The number of allylic oxidation sites excluding steroid dienone is 1. The molecule has 66 valence electrons. The van der Waals surface area contributed by atoms with Crippen molar-refractivity contribution >= 4 is 6.08 Å². The van der Waals surface area contributed by atoms with Crippen molar-refractivity contribution in [3.8, 4) is 11.8 Å². The van der Waals surface area contributed by atoms with Crippen LogP contribution in [0.25, 0.3) is 6.08 Å². The maximum Gasteiger partial charge on any atom is 0.174 e. The third-order valence-corrected chi connectivity index (χ3v) is 1.56. The summed E-state index contributed by atoms with van der Waals surface area (Å²) in [4.78, 5) is 0. The van der Waals surface area contributed by atoms with E-state index in [1.807, 2.05) is 49.4 Å². The lowest BCUT2D eigenvalue weighted by molar-refractivity contribution is 0.367. The minimum absolute atomic E-state index is 0.0918. The monoisotopic (exact) mass is 173 g/mol. The fraction of sp³-hybridized carbons (Fsp3) is 0.182. The van der Waals surface area contributed by atoms with Crippen molar-refractivity contribution in [1.29, 1.82) is 5.26 Å². The second-order valence-corrected chi connectivity index (χ2v) is 2.48. The highest BCUT2D eigenvalue weighted by Crippen LogP contribution is 2.18. The van der Waals surface area contributed by atoms with Gasteiger partial charge in [0.25, 0.3) is 0 Å². The SMILES string of the molecule is C/C=C/c1ccccc1OCC#N. The Morgan fingerprint density at radius 2 is 2.23 bits per heavy atom. The van der Waals surface area contributed by atoms with Crippen molar-refractivity contribution < 1.29 is 4.74 Å². The molecular weight excluding hydrogens is 162 g/mol. The van der Waals surface area contributed by atoms with E-state index < -0.39 is 0 Å². The summed E-state index contributed by atoms with van der Waals surface area (Å²) in [5.41, 5.74) is 1.00. The van der Waals surface area contributed by atoms with E-state index in [0.717, 1.165) is 11.3 Å². The molecule has 0 atom stereocenters.